The van der Waals surface area contributed by atoms with Crippen LogP contribution in [-0.2, 0) is 20.8 Å². The molecule has 0 aliphatic rings. The van der Waals surface area contributed by atoms with Gasteiger partial charge in [-0.1, -0.05) is 54.1 Å². The second-order valence-electron chi connectivity index (χ2n) is 6.21. The van der Waals surface area contributed by atoms with Crippen LogP contribution in [0.25, 0.3) is 10.9 Å². The molecule has 4 nitrogen and oxygen atoms in total. The molecule has 1 heterocycles. The summed E-state index contributed by atoms with van der Waals surface area (Å²) in [6, 6.07) is 22.8. The van der Waals surface area contributed by atoms with Crippen LogP contribution in [0.1, 0.15) is 5.56 Å². The molecule has 27 heavy (non-hydrogen) atoms. The van der Waals surface area contributed by atoms with E-state index in [-0.39, 0.29) is 4.90 Å². The lowest BCUT2D eigenvalue weighted by Gasteiger charge is -2.07. The summed E-state index contributed by atoms with van der Waals surface area (Å²) in [5, 5.41) is 0.663. The van der Waals surface area contributed by atoms with E-state index in [1.165, 1.54) is 10.2 Å². The van der Waals surface area contributed by atoms with Gasteiger partial charge in [0, 0.05) is 16.5 Å². The van der Waals surface area contributed by atoms with Crippen LogP contribution in [-0.4, -0.2) is 16.6 Å². The molecule has 1 unspecified atom stereocenters. The Bertz CT molecular complexity index is 1240. The smallest absolute Gasteiger partial charge is 0.249 e. The number of para-hydroxylation sites is 1. The highest BCUT2D eigenvalue weighted by molar-refractivity contribution is 7.90. The molecule has 1 aromatic heterocycles. The van der Waals surface area contributed by atoms with E-state index in [0.29, 0.717) is 20.7 Å². The molecule has 0 spiro atoms. The minimum atomic E-state index is -3.78. The molecule has 136 valence electrons. The van der Waals surface area contributed by atoms with Gasteiger partial charge in [-0.25, -0.2) is 16.6 Å². The number of hydrogen-bond donors (Lipinski definition) is 0. The Morgan fingerprint density at radius 1 is 0.815 bits per heavy atom. The predicted octanol–water partition coefficient (Wildman–Crippen LogP) is 4.35. The van der Waals surface area contributed by atoms with Gasteiger partial charge in [-0.2, -0.15) is 0 Å². The number of hydrogen-bond acceptors (Lipinski definition) is 3. The second kappa shape index (κ2) is 6.79. The highest BCUT2D eigenvalue weighted by atomic mass is 32.2. The first kappa shape index (κ1) is 17.7. The van der Waals surface area contributed by atoms with Crippen molar-refractivity contribution in [1.29, 1.82) is 0 Å². The zero-order valence-corrected chi connectivity index (χ0v) is 16.2. The van der Waals surface area contributed by atoms with E-state index in [4.69, 9.17) is 0 Å². The van der Waals surface area contributed by atoms with Crippen molar-refractivity contribution in [1.82, 2.24) is 3.97 Å². The fourth-order valence-corrected chi connectivity index (χ4v) is 5.63. The summed E-state index contributed by atoms with van der Waals surface area (Å²) in [7, 11) is -5.27. The van der Waals surface area contributed by atoms with Gasteiger partial charge in [-0.15, -0.1) is 0 Å². The van der Waals surface area contributed by atoms with Crippen molar-refractivity contribution in [2.75, 3.05) is 0 Å². The summed E-state index contributed by atoms with van der Waals surface area (Å²) in [5.41, 5.74) is 1.58. The molecular weight excluding hydrogens is 378 g/mol. The van der Waals surface area contributed by atoms with Crippen LogP contribution in [0.4, 0.5) is 0 Å². The van der Waals surface area contributed by atoms with Crippen molar-refractivity contribution in [3.05, 3.63) is 90.6 Å². The van der Waals surface area contributed by atoms with E-state index < -0.39 is 20.8 Å². The van der Waals surface area contributed by atoms with Gasteiger partial charge in [-0.3, -0.25) is 0 Å². The summed E-state index contributed by atoms with van der Waals surface area (Å²) in [4.78, 5) is 1.31. The molecule has 4 aromatic rings. The molecule has 0 saturated heterocycles. The third-order valence-electron chi connectivity index (χ3n) is 4.38. The minimum Gasteiger partial charge on any atom is -0.249 e. The zero-order chi connectivity index (χ0) is 19.0. The molecule has 3 aromatic carbocycles. The lowest BCUT2D eigenvalue weighted by molar-refractivity contribution is 0.589. The maximum absolute atomic E-state index is 13.2. The van der Waals surface area contributed by atoms with Crippen molar-refractivity contribution in [3.63, 3.8) is 0 Å². The van der Waals surface area contributed by atoms with E-state index in [2.05, 4.69) is 0 Å². The molecule has 1 atom stereocenters. The largest absolute Gasteiger partial charge is 0.268 e. The van der Waals surface area contributed by atoms with Crippen LogP contribution in [0.2, 0.25) is 0 Å². The lowest BCUT2D eigenvalue weighted by atomic mass is 10.2. The number of rotatable bonds is 4. The molecule has 0 amide bonds. The summed E-state index contributed by atoms with van der Waals surface area (Å²) < 4.78 is 40.6. The molecule has 0 saturated carbocycles. The SMILES string of the molecule is Cc1ccc(S(=O)c2cn(S(=O)(=O)c3ccccc3)c3ccccc23)cc1. The Morgan fingerprint density at radius 3 is 2.15 bits per heavy atom. The van der Waals surface area contributed by atoms with Gasteiger partial charge in [-0.05, 0) is 37.3 Å². The molecule has 0 N–H and O–H groups in total. The van der Waals surface area contributed by atoms with Gasteiger partial charge in [0.05, 0.1) is 26.1 Å². The van der Waals surface area contributed by atoms with Crippen molar-refractivity contribution >= 4 is 31.7 Å². The van der Waals surface area contributed by atoms with Gasteiger partial charge >= 0.3 is 0 Å². The number of fused-ring (bicyclic) bond motifs is 1. The quantitative estimate of drug-likeness (QED) is 0.516. The first-order valence-corrected chi connectivity index (χ1v) is 11.0. The fourth-order valence-electron chi connectivity index (χ4n) is 2.96. The standard InChI is InChI=1S/C21H17NO3S2/c1-16-11-13-17(14-12-16)26(23)21-15-22(20-10-6-5-9-19(20)21)27(24,25)18-7-3-2-4-8-18/h2-15H,1H3. The number of nitrogens with zero attached hydrogens (tertiary/aromatic N) is 1. The Kier molecular flexibility index (Phi) is 4.45. The van der Waals surface area contributed by atoms with E-state index in [9.17, 15) is 12.6 Å². The van der Waals surface area contributed by atoms with Crippen LogP contribution >= 0.6 is 0 Å². The molecule has 6 heteroatoms. The van der Waals surface area contributed by atoms with Gasteiger partial charge in [0.1, 0.15) is 0 Å². The average molecular weight is 396 g/mol. The summed E-state index contributed by atoms with van der Waals surface area (Å²) >= 11 is 0. The van der Waals surface area contributed by atoms with E-state index >= 15 is 0 Å². The highest BCUT2D eigenvalue weighted by Gasteiger charge is 2.23. The number of aromatic nitrogens is 1. The Morgan fingerprint density at radius 2 is 1.44 bits per heavy atom. The van der Waals surface area contributed by atoms with Gasteiger partial charge in [0.15, 0.2) is 0 Å². The van der Waals surface area contributed by atoms with Crippen LogP contribution in [0.5, 0.6) is 0 Å². The second-order valence-corrected chi connectivity index (χ2v) is 9.47. The summed E-state index contributed by atoms with van der Waals surface area (Å²) in [6.45, 7) is 1.96. The number of aryl methyl sites for hydroxylation is 1. The normalized spacial score (nSPS) is 12.9. The van der Waals surface area contributed by atoms with Crippen LogP contribution < -0.4 is 0 Å². The maximum Gasteiger partial charge on any atom is 0.268 e. The molecule has 0 aliphatic carbocycles. The van der Waals surface area contributed by atoms with Crippen molar-refractivity contribution in [3.8, 4) is 0 Å². The van der Waals surface area contributed by atoms with Crippen LogP contribution in [0, 0.1) is 6.92 Å². The number of benzene rings is 3. The maximum atomic E-state index is 13.2. The van der Waals surface area contributed by atoms with E-state index in [0.717, 1.165) is 5.56 Å². The molecule has 0 bridgehead atoms. The van der Waals surface area contributed by atoms with Gasteiger partial charge in [0.25, 0.3) is 10.0 Å². The first-order valence-electron chi connectivity index (χ1n) is 8.37. The molecule has 0 aliphatic heterocycles. The zero-order valence-electron chi connectivity index (χ0n) is 14.6. The predicted molar refractivity (Wildman–Crippen MR) is 107 cm³/mol. The molecule has 0 fully saturated rings. The fraction of sp³-hybridized carbons (Fsp3) is 0.0476. The van der Waals surface area contributed by atoms with Crippen molar-refractivity contribution in [2.45, 2.75) is 21.6 Å². The van der Waals surface area contributed by atoms with Gasteiger partial charge < -0.3 is 0 Å². The third kappa shape index (κ3) is 3.11. The van der Waals surface area contributed by atoms with Gasteiger partial charge in [0.2, 0.25) is 0 Å². The van der Waals surface area contributed by atoms with Crippen molar-refractivity contribution < 1.29 is 12.6 Å². The van der Waals surface area contributed by atoms with Crippen LogP contribution in [0.15, 0.2) is 99.7 Å². The topological polar surface area (TPSA) is 56.1 Å². The lowest BCUT2D eigenvalue weighted by Crippen LogP contribution is -2.11. The third-order valence-corrected chi connectivity index (χ3v) is 7.49. The summed E-state index contributed by atoms with van der Waals surface area (Å²) in [6.07, 6.45) is 1.48. The highest BCUT2D eigenvalue weighted by Crippen LogP contribution is 2.30. The van der Waals surface area contributed by atoms with E-state index in [1.807, 2.05) is 37.3 Å². The van der Waals surface area contributed by atoms with Crippen LogP contribution in [0.3, 0.4) is 0 Å². The van der Waals surface area contributed by atoms with Crippen molar-refractivity contribution in [2.24, 2.45) is 0 Å². The average Bonchev–Trinajstić information content (AvgIpc) is 3.09. The molecular formula is C21H17NO3S2. The monoisotopic (exact) mass is 395 g/mol. The Hall–Kier alpha value is -2.70. The molecule has 4 rings (SSSR count). The van der Waals surface area contributed by atoms with E-state index in [1.54, 1.807) is 48.5 Å². The Labute approximate surface area is 160 Å². The summed E-state index contributed by atoms with van der Waals surface area (Å²) in [5.74, 6) is 0. The first-order chi connectivity index (χ1) is 13.0. The minimum absolute atomic E-state index is 0.193. The molecule has 0 radical (unpaired) electrons. The Balaban J connectivity index is 1.92.